The second-order valence-electron chi connectivity index (χ2n) is 5.32. The van der Waals surface area contributed by atoms with E-state index >= 15 is 0 Å². The molecular weight excluding hydrogens is 243 g/mol. The van der Waals surface area contributed by atoms with Crippen LogP contribution in [0.3, 0.4) is 0 Å². The Bertz CT molecular complexity index is 223. The standard InChI is InChI=1S/C13H24F3NO/c1-10(2)18-9-3-8-17-12-6-4-11(5-7-12)13(14,15)16/h10-12,17H,3-9H2,1-2H3. The van der Waals surface area contributed by atoms with E-state index in [1.165, 1.54) is 0 Å². The molecule has 1 N–H and O–H groups in total. The number of alkyl halides is 3. The van der Waals surface area contributed by atoms with Gasteiger partial charge in [0.05, 0.1) is 12.0 Å². The van der Waals surface area contributed by atoms with Crippen molar-refractivity contribution in [1.82, 2.24) is 5.32 Å². The lowest BCUT2D eigenvalue weighted by Crippen LogP contribution is -2.37. The van der Waals surface area contributed by atoms with Crippen LogP contribution in [0, 0.1) is 5.92 Å². The van der Waals surface area contributed by atoms with Crippen molar-refractivity contribution in [3.8, 4) is 0 Å². The topological polar surface area (TPSA) is 21.3 Å². The van der Waals surface area contributed by atoms with Crippen molar-refractivity contribution in [3.05, 3.63) is 0 Å². The third-order valence-corrected chi connectivity index (χ3v) is 3.40. The summed E-state index contributed by atoms with van der Waals surface area (Å²) in [4.78, 5) is 0. The molecule has 0 bridgehead atoms. The first-order valence-corrected chi connectivity index (χ1v) is 6.81. The summed E-state index contributed by atoms with van der Waals surface area (Å²) in [6.45, 7) is 5.52. The summed E-state index contributed by atoms with van der Waals surface area (Å²) in [7, 11) is 0. The minimum Gasteiger partial charge on any atom is -0.379 e. The van der Waals surface area contributed by atoms with E-state index in [-0.39, 0.29) is 25.0 Å². The van der Waals surface area contributed by atoms with Gasteiger partial charge in [0, 0.05) is 12.6 Å². The number of ether oxygens (including phenoxy) is 1. The SMILES string of the molecule is CC(C)OCCCNC1CCC(C(F)(F)F)CC1. The van der Waals surface area contributed by atoms with Gasteiger partial charge < -0.3 is 10.1 Å². The molecular formula is C13H24F3NO. The third kappa shape index (κ3) is 6.05. The van der Waals surface area contributed by atoms with Crippen molar-refractivity contribution in [2.24, 2.45) is 5.92 Å². The van der Waals surface area contributed by atoms with E-state index in [0.29, 0.717) is 19.4 Å². The van der Waals surface area contributed by atoms with Gasteiger partial charge in [-0.15, -0.1) is 0 Å². The van der Waals surface area contributed by atoms with Gasteiger partial charge in [-0.3, -0.25) is 0 Å². The lowest BCUT2D eigenvalue weighted by molar-refractivity contribution is -0.182. The Balaban J connectivity index is 2.06. The second kappa shape index (κ2) is 7.34. The zero-order valence-corrected chi connectivity index (χ0v) is 11.2. The molecule has 0 atom stereocenters. The van der Waals surface area contributed by atoms with Crippen molar-refractivity contribution in [1.29, 1.82) is 0 Å². The molecule has 0 aromatic heterocycles. The molecule has 1 rings (SSSR count). The van der Waals surface area contributed by atoms with Gasteiger partial charge in [0.1, 0.15) is 0 Å². The first-order valence-electron chi connectivity index (χ1n) is 6.81. The first-order chi connectivity index (χ1) is 8.39. The molecule has 0 saturated heterocycles. The summed E-state index contributed by atoms with van der Waals surface area (Å²) in [5.74, 6) is -1.08. The third-order valence-electron chi connectivity index (χ3n) is 3.40. The molecule has 1 fully saturated rings. The van der Waals surface area contributed by atoms with Gasteiger partial charge in [-0.2, -0.15) is 13.2 Å². The second-order valence-corrected chi connectivity index (χ2v) is 5.32. The number of hydrogen-bond acceptors (Lipinski definition) is 2. The van der Waals surface area contributed by atoms with Crippen LogP contribution in [0.1, 0.15) is 46.0 Å². The van der Waals surface area contributed by atoms with E-state index in [0.717, 1.165) is 13.0 Å². The van der Waals surface area contributed by atoms with Crippen LogP contribution >= 0.6 is 0 Å². The van der Waals surface area contributed by atoms with E-state index in [4.69, 9.17) is 4.74 Å². The van der Waals surface area contributed by atoms with Crippen molar-refractivity contribution in [2.45, 2.75) is 64.3 Å². The van der Waals surface area contributed by atoms with Crippen LogP contribution in [-0.2, 0) is 4.74 Å². The number of halogens is 3. The van der Waals surface area contributed by atoms with Crippen LogP contribution < -0.4 is 5.32 Å². The Morgan fingerprint density at radius 3 is 2.28 bits per heavy atom. The van der Waals surface area contributed by atoms with Crippen molar-refractivity contribution in [3.63, 3.8) is 0 Å². The van der Waals surface area contributed by atoms with Crippen molar-refractivity contribution < 1.29 is 17.9 Å². The fourth-order valence-electron chi connectivity index (χ4n) is 2.32. The molecule has 0 aromatic carbocycles. The zero-order chi connectivity index (χ0) is 13.6. The van der Waals surface area contributed by atoms with Crippen LogP contribution in [-0.4, -0.2) is 31.5 Å². The molecule has 0 spiro atoms. The lowest BCUT2D eigenvalue weighted by Gasteiger charge is -2.30. The van der Waals surface area contributed by atoms with Crippen LogP contribution in [0.5, 0.6) is 0 Å². The number of rotatable bonds is 6. The molecule has 5 heteroatoms. The highest BCUT2D eigenvalue weighted by Crippen LogP contribution is 2.37. The molecule has 1 saturated carbocycles. The maximum atomic E-state index is 12.5. The molecule has 2 nitrogen and oxygen atoms in total. The predicted molar refractivity (Wildman–Crippen MR) is 65.5 cm³/mol. The maximum Gasteiger partial charge on any atom is 0.391 e. The fourth-order valence-corrected chi connectivity index (χ4v) is 2.32. The Morgan fingerprint density at radius 1 is 1.17 bits per heavy atom. The molecule has 1 aliphatic rings. The van der Waals surface area contributed by atoms with Crippen molar-refractivity contribution >= 4 is 0 Å². The molecule has 108 valence electrons. The summed E-state index contributed by atoms with van der Waals surface area (Å²) in [6, 6.07) is 0.252. The Morgan fingerprint density at radius 2 is 1.78 bits per heavy atom. The molecule has 0 aliphatic heterocycles. The Labute approximate surface area is 107 Å². The van der Waals surface area contributed by atoms with Gasteiger partial charge >= 0.3 is 6.18 Å². The summed E-state index contributed by atoms with van der Waals surface area (Å²) in [5.41, 5.74) is 0. The smallest absolute Gasteiger partial charge is 0.379 e. The minimum atomic E-state index is -4.00. The molecule has 0 aromatic rings. The van der Waals surface area contributed by atoms with Gasteiger partial charge in [-0.05, 0) is 52.5 Å². The molecule has 0 amide bonds. The largest absolute Gasteiger partial charge is 0.391 e. The van der Waals surface area contributed by atoms with Gasteiger partial charge in [-0.1, -0.05) is 0 Å². The lowest BCUT2D eigenvalue weighted by atomic mass is 9.85. The first kappa shape index (κ1) is 15.8. The van der Waals surface area contributed by atoms with Gasteiger partial charge in [0.25, 0.3) is 0 Å². The normalized spacial score (nSPS) is 25.7. The Kier molecular flexibility index (Phi) is 6.43. The maximum absolute atomic E-state index is 12.5. The van der Waals surface area contributed by atoms with Crippen LogP contribution in [0.4, 0.5) is 13.2 Å². The molecule has 0 unspecified atom stereocenters. The van der Waals surface area contributed by atoms with E-state index in [1.54, 1.807) is 0 Å². The minimum absolute atomic E-state index is 0.243. The van der Waals surface area contributed by atoms with Crippen LogP contribution in [0.25, 0.3) is 0 Å². The molecule has 1 aliphatic carbocycles. The Hall–Kier alpha value is -0.290. The van der Waals surface area contributed by atoms with Crippen LogP contribution in [0.15, 0.2) is 0 Å². The van der Waals surface area contributed by atoms with E-state index in [2.05, 4.69) is 5.32 Å². The molecule has 18 heavy (non-hydrogen) atoms. The average Bonchev–Trinajstić information content (AvgIpc) is 2.27. The average molecular weight is 267 g/mol. The number of nitrogens with one attached hydrogen (secondary N) is 1. The van der Waals surface area contributed by atoms with E-state index < -0.39 is 12.1 Å². The van der Waals surface area contributed by atoms with Crippen LogP contribution in [0.2, 0.25) is 0 Å². The zero-order valence-electron chi connectivity index (χ0n) is 11.2. The summed E-state index contributed by atoms with van der Waals surface area (Å²) >= 11 is 0. The fraction of sp³-hybridized carbons (Fsp3) is 1.00. The number of hydrogen-bond donors (Lipinski definition) is 1. The highest BCUT2D eigenvalue weighted by Gasteiger charge is 2.41. The van der Waals surface area contributed by atoms with Gasteiger partial charge in [0.2, 0.25) is 0 Å². The summed E-state index contributed by atoms with van der Waals surface area (Å²) in [6.07, 6.45) is -1.04. The molecule has 0 heterocycles. The van der Waals surface area contributed by atoms with Gasteiger partial charge in [-0.25, -0.2) is 0 Å². The monoisotopic (exact) mass is 267 g/mol. The quantitative estimate of drug-likeness (QED) is 0.744. The highest BCUT2D eigenvalue weighted by atomic mass is 19.4. The summed E-state index contributed by atoms with van der Waals surface area (Å²) in [5, 5.41) is 3.32. The highest BCUT2D eigenvalue weighted by molar-refractivity contribution is 4.80. The summed E-state index contributed by atoms with van der Waals surface area (Å²) < 4.78 is 42.8. The molecule has 0 radical (unpaired) electrons. The predicted octanol–water partition coefficient (Wildman–Crippen LogP) is 3.51. The van der Waals surface area contributed by atoms with Gasteiger partial charge in [0.15, 0.2) is 0 Å². The van der Waals surface area contributed by atoms with E-state index in [9.17, 15) is 13.2 Å². The van der Waals surface area contributed by atoms with E-state index in [1.807, 2.05) is 13.8 Å². The van der Waals surface area contributed by atoms with Crippen molar-refractivity contribution in [2.75, 3.05) is 13.2 Å².